The molecule has 0 bridgehead atoms. The summed E-state index contributed by atoms with van der Waals surface area (Å²) >= 11 is 0. The van der Waals surface area contributed by atoms with E-state index in [-0.39, 0.29) is 23.0 Å². The van der Waals surface area contributed by atoms with Crippen molar-refractivity contribution in [3.63, 3.8) is 0 Å². The normalized spacial score (nSPS) is 26.3. The highest BCUT2D eigenvalue weighted by molar-refractivity contribution is 5.76. The van der Waals surface area contributed by atoms with E-state index in [1.165, 1.54) is 12.8 Å². The van der Waals surface area contributed by atoms with Crippen molar-refractivity contribution in [3.05, 3.63) is 18.0 Å². The molecule has 2 aliphatic rings. The van der Waals surface area contributed by atoms with Crippen LogP contribution in [-0.2, 0) is 11.3 Å². The van der Waals surface area contributed by atoms with Gasteiger partial charge < -0.3 is 16.0 Å². The first-order chi connectivity index (χ1) is 11.7. The molecule has 6 heteroatoms. The zero-order valence-electron chi connectivity index (χ0n) is 16.1. The molecule has 0 aromatic carbocycles. The van der Waals surface area contributed by atoms with Crippen molar-refractivity contribution >= 4 is 5.91 Å². The molecule has 25 heavy (non-hydrogen) atoms. The first-order valence-corrected chi connectivity index (χ1v) is 9.55. The summed E-state index contributed by atoms with van der Waals surface area (Å²) in [6.07, 6.45) is 6.19. The molecule has 3 N–H and O–H groups in total. The molecule has 1 aromatic heterocycles. The highest BCUT2D eigenvalue weighted by Crippen LogP contribution is 2.28. The molecule has 0 unspecified atom stereocenters. The standard InChI is InChI=1S/C19H33N5O/c1-18(2)10-15(11-19(3,4)23-18)21-17(25)13-24-9-7-16(22-24)14-6-5-8-20-12-14/h7,9,14-15,20,23H,5-6,8,10-13H2,1-4H3,(H,21,25)/t14-/m0/s1. The monoisotopic (exact) mass is 347 g/mol. The first-order valence-electron chi connectivity index (χ1n) is 9.55. The van der Waals surface area contributed by atoms with Gasteiger partial charge in [0.1, 0.15) is 6.54 Å². The molecule has 0 aliphatic carbocycles. The quantitative estimate of drug-likeness (QED) is 0.776. The van der Waals surface area contributed by atoms with Crippen LogP contribution in [-0.4, -0.2) is 45.9 Å². The molecule has 1 atom stereocenters. The van der Waals surface area contributed by atoms with Gasteiger partial charge in [-0.05, 0) is 66.0 Å². The maximum atomic E-state index is 12.5. The third-order valence-corrected chi connectivity index (χ3v) is 5.24. The number of carbonyl (C=O) groups is 1. The van der Waals surface area contributed by atoms with Gasteiger partial charge >= 0.3 is 0 Å². The van der Waals surface area contributed by atoms with Gasteiger partial charge in [0.05, 0.1) is 5.69 Å². The number of rotatable bonds is 4. The van der Waals surface area contributed by atoms with Crippen LogP contribution >= 0.6 is 0 Å². The van der Waals surface area contributed by atoms with Crippen molar-refractivity contribution in [1.29, 1.82) is 0 Å². The average Bonchev–Trinajstić information content (AvgIpc) is 2.93. The van der Waals surface area contributed by atoms with E-state index in [1.807, 2.05) is 6.20 Å². The number of nitrogens with zero attached hydrogens (tertiary/aromatic N) is 2. The Hall–Kier alpha value is -1.40. The molecular formula is C19H33N5O. The summed E-state index contributed by atoms with van der Waals surface area (Å²) < 4.78 is 1.77. The summed E-state index contributed by atoms with van der Waals surface area (Å²) in [5.74, 6) is 0.527. The Labute approximate surface area is 151 Å². The second-order valence-electron chi connectivity index (χ2n) is 9.05. The van der Waals surface area contributed by atoms with Crippen LogP contribution in [0.4, 0.5) is 0 Å². The van der Waals surface area contributed by atoms with E-state index in [0.29, 0.717) is 12.5 Å². The molecular weight excluding hydrogens is 314 g/mol. The lowest BCUT2D eigenvalue weighted by molar-refractivity contribution is -0.123. The number of nitrogens with one attached hydrogen (secondary N) is 3. The lowest BCUT2D eigenvalue weighted by Crippen LogP contribution is -2.62. The second kappa shape index (κ2) is 7.08. The predicted molar refractivity (Wildman–Crippen MR) is 99.5 cm³/mol. The minimum Gasteiger partial charge on any atom is -0.352 e. The summed E-state index contributed by atoms with van der Waals surface area (Å²) in [5.41, 5.74) is 1.17. The maximum absolute atomic E-state index is 12.5. The number of aromatic nitrogens is 2. The number of hydrogen-bond acceptors (Lipinski definition) is 4. The summed E-state index contributed by atoms with van der Waals surface area (Å²) in [6, 6.07) is 2.26. The molecule has 3 heterocycles. The molecule has 140 valence electrons. The van der Waals surface area contributed by atoms with Crippen LogP contribution in [0.1, 0.15) is 65.0 Å². The maximum Gasteiger partial charge on any atom is 0.241 e. The lowest BCUT2D eigenvalue weighted by Gasteiger charge is -2.46. The Morgan fingerprint density at radius 2 is 2.04 bits per heavy atom. The number of carbonyl (C=O) groups excluding carboxylic acids is 1. The zero-order valence-corrected chi connectivity index (χ0v) is 16.1. The molecule has 0 spiro atoms. The van der Waals surface area contributed by atoms with Gasteiger partial charge in [0.25, 0.3) is 0 Å². The van der Waals surface area contributed by atoms with Crippen LogP contribution < -0.4 is 16.0 Å². The Morgan fingerprint density at radius 3 is 2.68 bits per heavy atom. The fourth-order valence-electron chi connectivity index (χ4n) is 4.63. The van der Waals surface area contributed by atoms with Crippen molar-refractivity contribution in [2.45, 2.75) is 83.0 Å². The molecule has 2 fully saturated rings. The molecule has 0 radical (unpaired) electrons. The molecule has 2 saturated heterocycles. The number of amides is 1. The Morgan fingerprint density at radius 1 is 1.32 bits per heavy atom. The van der Waals surface area contributed by atoms with Crippen molar-refractivity contribution in [2.75, 3.05) is 13.1 Å². The van der Waals surface area contributed by atoms with E-state index in [4.69, 9.17) is 0 Å². The van der Waals surface area contributed by atoms with Gasteiger partial charge in [0, 0.05) is 35.8 Å². The van der Waals surface area contributed by atoms with Crippen LogP contribution in [0, 0.1) is 0 Å². The Balaban J connectivity index is 1.55. The van der Waals surface area contributed by atoms with E-state index in [9.17, 15) is 4.79 Å². The molecule has 6 nitrogen and oxygen atoms in total. The summed E-state index contributed by atoms with van der Waals surface area (Å²) in [4.78, 5) is 12.5. The van der Waals surface area contributed by atoms with Gasteiger partial charge in [0.2, 0.25) is 5.91 Å². The van der Waals surface area contributed by atoms with Crippen LogP contribution in [0.3, 0.4) is 0 Å². The van der Waals surface area contributed by atoms with Gasteiger partial charge in [-0.25, -0.2) is 0 Å². The SMILES string of the molecule is CC1(C)CC(NC(=O)Cn2ccc([C@H]3CCCNC3)n2)CC(C)(C)N1. The number of hydrogen-bond donors (Lipinski definition) is 3. The van der Waals surface area contributed by atoms with E-state index >= 15 is 0 Å². The van der Waals surface area contributed by atoms with Crippen molar-refractivity contribution in [3.8, 4) is 0 Å². The largest absolute Gasteiger partial charge is 0.352 e. The molecule has 1 amide bonds. The number of piperidine rings is 2. The highest BCUT2D eigenvalue weighted by atomic mass is 16.2. The summed E-state index contributed by atoms with van der Waals surface area (Å²) in [6.45, 7) is 11.2. The van der Waals surface area contributed by atoms with E-state index in [0.717, 1.165) is 31.6 Å². The van der Waals surface area contributed by atoms with E-state index < -0.39 is 0 Å². The average molecular weight is 348 g/mol. The third-order valence-electron chi connectivity index (χ3n) is 5.24. The van der Waals surface area contributed by atoms with Gasteiger partial charge in [0.15, 0.2) is 0 Å². The van der Waals surface area contributed by atoms with Gasteiger partial charge in [-0.3, -0.25) is 9.48 Å². The van der Waals surface area contributed by atoms with Gasteiger partial charge in [-0.2, -0.15) is 5.10 Å². The summed E-state index contributed by atoms with van der Waals surface area (Å²) in [7, 11) is 0. The second-order valence-corrected chi connectivity index (χ2v) is 9.05. The van der Waals surface area contributed by atoms with Crippen molar-refractivity contribution in [1.82, 2.24) is 25.7 Å². The minimum absolute atomic E-state index is 0.0343. The van der Waals surface area contributed by atoms with Crippen LogP contribution in [0.2, 0.25) is 0 Å². The molecule has 0 saturated carbocycles. The van der Waals surface area contributed by atoms with Crippen molar-refractivity contribution < 1.29 is 4.79 Å². The van der Waals surface area contributed by atoms with Gasteiger partial charge in [-0.1, -0.05) is 0 Å². The highest BCUT2D eigenvalue weighted by Gasteiger charge is 2.38. The Bertz CT molecular complexity index is 585. The third kappa shape index (κ3) is 5.05. The smallest absolute Gasteiger partial charge is 0.241 e. The topological polar surface area (TPSA) is 71.0 Å². The van der Waals surface area contributed by atoms with E-state index in [2.05, 4.69) is 54.8 Å². The first kappa shape index (κ1) is 18.4. The molecule has 3 rings (SSSR count). The zero-order chi connectivity index (χ0) is 18.1. The minimum atomic E-state index is 0.0343. The predicted octanol–water partition coefficient (Wildman–Crippen LogP) is 1.78. The fraction of sp³-hybridized carbons (Fsp3) is 0.789. The van der Waals surface area contributed by atoms with Crippen LogP contribution in [0.15, 0.2) is 12.3 Å². The van der Waals surface area contributed by atoms with Crippen LogP contribution in [0.5, 0.6) is 0 Å². The summed E-state index contributed by atoms with van der Waals surface area (Å²) in [5, 5.41) is 14.9. The van der Waals surface area contributed by atoms with Crippen molar-refractivity contribution in [2.24, 2.45) is 0 Å². The molecule has 1 aromatic rings. The van der Waals surface area contributed by atoms with E-state index in [1.54, 1.807) is 4.68 Å². The Kier molecular flexibility index (Phi) is 5.21. The van der Waals surface area contributed by atoms with Gasteiger partial charge in [-0.15, -0.1) is 0 Å². The van der Waals surface area contributed by atoms with Crippen LogP contribution in [0.25, 0.3) is 0 Å². The molecule has 2 aliphatic heterocycles. The fourth-order valence-corrected chi connectivity index (χ4v) is 4.63. The lowest BCUT2D eigenvalue weighted by atomic mass is 9.79.